The third-order valence-corrected chi connectivity index (χ3v) is 3.62. The highest BCUT2D eigenvalue weighted by molar-refractivity contribution is 6.30. The number of rotatable bonds is 3. The smallest absolute Gasteiger partial charge is 0.335 e. The SMILES string of the molecule is CCc1nc2ccc(C(=O)O)cc2n1-c1ccc(Cl)cc1. The topological polar surface area (TPSA) is 55.1 Å². The second-order valence-electron chi connectivity index (χ2n) is 4.70. The van der Waals surface area contributed by atoms with Crippen LogP contribution in [0.3, 0.4) is 0 Å². The minimum Gasteiger partial charge on any atom is -0.478 e. The summed E-state index contributed by atoms with van der Waals surface area (Å²) < 4.78 is 1.97. The Labute approximate surface area is 126 Å². The summed E-state index contributed by atoms with van der Waals surface area (Å²) in [6, 6.07) is 12.4. The van der Waals surface area contributed by atoms with Crippen LogP contribution in [0.1, 0.15) is 23.1 Å². The van der Waals surface area contributed by atoms with Crippen LogP contribution >= 0.6 is 11.6 Å². The number of carbonyl (C=O) groups is 1. The molecule has 0 fully saturated rings. The van der Waals surface area contributed by atoms with Gasteiger partial charge < -0.3 is 5.11 Å². The minimum absolute atomic E-state index is 0.250. The summed E-state index contributed by atoms with van der Waals surface area (Å²) in [5.74, 6) is -0.0614. The van der Waals surface area contributed by atoms with Crippen LogP contribution in [0.15, 0.2) is 42.5 Å². The maximum absolute atomic E-state index is 11.2. The Morgan fingerprint density at radius 3 is 2.57 bits per heavy atom. The first-order valence-electron chi connectivity index (χ1n) is 6.60. The molecule has 3 aromatic rings. The van der Waals surface area contributed by atoms with E-state index < -0.39 is 5.97 Å². The average molecular weight is 301 g/mol. The summed E-state index contributed by atoms with van der Waals surface area (Å²) in [6.45, 7) is 2.02. The second kappa shape index (κ2) is 5.22. The summed E-state index contributed by atoms with van der Waals surface area (Å²) in [4.78, 5) is 15.7. The van der Waals surface area contributed by atoms with E-state index >= 15 is 0 Å². The molecule has 0 aliphatic rings. The van der Waals surface area contributed by atoms with Gasteiger partial charge in [-0.25, -0.2) is 9.78 Å². The van der Waals surface area contributed by atoms with E-state index in [1.54, 1.807) is 18.2 Å². The van der Waals surface area contributed by atoms with Gasteiger partial charge in [0.25, 0.3) is 0 Å². The molecule has 0 atom stereocenters. The predicted molar refractivity (Wildman–Crippen MR) is 82.4 cm³/mol. The number of hydrogen-bond donors (Lipinski definition) is 1. The fourth-order valence-corrected chi connectivity index (χ4v) is 2.50. The van der Waals surface area contributed by atoms with Gasteiger partial charge in [-0.15, -0.1) is 0 Å². The Kier molecular flexibility index (Phi) is 3.39. The van der Waals surface area contributed by atoms with E-state index in [1.165, 1.54) is 0 Å². The Morgan fingerprint density at radius 1 is 1.24 bits per heavy atom. The van der Waals surface area contributed by atoms with Crippen molar-refractivity contribution in [1.82, 2.24) is 9.55 Å². The molecule has 106 valence electrons. The quantitative estimate of drug-likeness (QED) is 0.797. The van der Waals surface area contributed by atoms with E-state index in [1.807, 2.05) is 35.8 Å². The molecule has 0 spiro atoms. The maximum atomic E-state index is 11.2. The van der Waals surface area contributed by atoms with Crippen LogP contribution < -0.4 is 0 Å². The molecular weight excluding hydrogens is 288 g/mol. The predicted octanol–water partition coefficient (Wildman–Crippen LogP) is 3.94. The first-order valence-corrected chi connectivity index (χ1v) is 6.98. The number of aromatic carboxylic acids is 1. The highest BCUT2D eigenvalue weighted by Crippen LogP contribution is 2.24. The molecule has 21 heavy (non-hydrogen) atoms. The summed E-state index contributed by atoms with van der Waals surface area (Å²) in [6.07, 6.45) is 0.750. The third-order valence-electron chi connectivity index (χ3n) is 3.37. The summed E-state index contributed by atoms with van der Waals surface area (Å²) in [5, 5.41) is 9.82. The van der Waals surface area contributed by atoms with Crippen molar-refractivity contribution in [3.8, 4) is 5.69 Å². The van der Waals surface area contributed by atoms with E-state index in [0.29, 0.717) is 5.02 Å². The van der Waals surface area contributed by atoms with Gasteiger partial charge in [-0.2, -0.15) is 0 Å². The minimum atomic E-state index is -0.946. The zero-order valence-corrected chi connectivity index (χ0v) is 12.1. The number of aromatic nitrogens is 2. The number of imidazole rings is 1. The van der Waals surface area contributed by atoms with Crippen LogP contribution in [0.4, 0.5) is 0 Å². The van der Waals surface area contributed by atoms with Crippen LogP contribution in [-0.4, -0.2) is 20.6 Å². The summed E-state index contributed by atoms with van der Waals surface area (Å²) in [7, 11) is 0. The normalized spacial score (nSPS) is 11.0. The second-order valence-corrected chi connectivity index (χ2v) is 5.14. The van der Waals surface area contributed by atoms with E-state index in [-0.39, 0.29) is 5.56 Å². The van der Waals surface area contributed by atoms with E-state index in [0.717, 1.165) is 29.0 Å². The lowest BCUT2D eigenvalue weighted by Crippen LogP contribution is -2.01. The molecule has 1 aromatic heterocycles. The van der Waals surface area contributed by atoms with E-state index in [2.05, 4.69) is 4.98 Å². The Balaban J connectivity index is 2.29. The van der Waals surface area contributed by atoms with Crippen molar-refractivity contribution < 1.29 is 9.90 Å². The average Bonchev–Trinajstić information content (AvgIpc) is 2.85. The van der Waals surface area contributed by atoms with E-state index in [9.17, 15) is 4.79 Å². The fourth-order valence-electron chi connectivity index (χ4n) is 2.37. The fraction of sp³-hybridized carbons (Fsp3) is 0.125. The molecular formula is C16H13ClN2O2. The van der Waals surface area contributed by atoms with Gasteiger partial charge in [0.15, 0.2) is 0 Å². The van der Waals surface area contributed by atoms with Crippen molar-refractivity contribution in [2.45, 2.75) is 13.3 Å². The van der Waals surface area contributed by atoms with Crippen molar-refractivity contribution in [3.05, 3.63) is 58.9 Å². The first-order chi connectivity index (χ1) is 10.1. The lowest BCUT2D eigenvalue weighted by atomic mass is 10.2. The number of nitrogens with zero attached hydrogens (tertiary/aromatic N) is 2. The summed E-state index contributed by atoms with van der Waals surface area (Å²) in [5.41, 5.74) is 2.74. The summed E-state index contributed by atoms with van der Waals surface area (Å²) >= 11 is 5.93. The number of benzene rings is 2. The van der Waals surface area contributed by atoms with Gasteiger partial charge in [0.05, 0.1) is 16.6 Å². The van der Waals surface area contributed by atoms with Crippen LogP contribution in [0.25, 0.3) is 16.7 Å². The zero-order chi connectivity index (χ0) is 15.0. The van der Waals surface area contributed by atoms with Crippen LogP contribution in [0.2, 0.25) is 5.02 Å². The molecule has 5 heteroatoms. The van der Waals surface area contributed by atoms with Crippen LogP contribution in [0.5, 0.6) is 0 Å². The van der Waals surface area contributed by atoms with Crippen molar-refractivity contribution in [2.24, 2.45) is 0 Å². The molecule has 3 rings (SSSR count). The highest BCUT2D eigenvalue weighted by atomic mass is 35.5. The number of hydrogen-bond acceptors (Lipinski definition) is 2. The first kappa shape index (κ1) is 13.6. The van der Waals surface area contributed by atoms with Gasteiger partial charge in [0.1, 0.15) is 5.82 Å². The lowest BCUT2D eigenvalue weighted by Gasteiger charge is -2.08. The number of carboxylic acids is 1. The van der Waals surface area contributed by atoms with Crippen LogP contribution in [0, 0.1) is 0 Å². The van der Waals surface area contributed by atoms with Crippen molar-refractivity contribution >= 4 is 28.6 Å². The van der Waals surface area contributed by atoms with Gasteiger partial charge in [-0.1, -0.05) is 18.5 Å². The Hall–Kier alpha value is -2.33. The highest BCUT2D eigenvalue weighted by Gasteiger charge is 2.13. The molecule has 0 bridgehead atoms. The largest absolute Gasteiger partial charge is 0.478 e. The van der Waals surface area contributed by atoms with Crippen molar-refractivity contribution in [1.29, 1.82) is 0 Å². The molecule has 1 N–H and O–H groups in total. The molecule has 0 radical (unpaired) electrons. The van der Waals surface area contributed by atoms with Gasteiger partial charge in [-0.3, -0.25) is 4.57 Å². The van der Waals surface area contributed by atoms with Gasteiger partial charge in [0.2, 0.25) is 0 Å². The number of fused-ring (bicyclic) bond motifs is 1. The Morgan fingerprint density at radius 2 is 1.95 bits per heavy atom. The third kappa shape index (κ3) is 2.38. The molecule has 2 aromatic carbocycles. The zero-order valence-electron chi connectivity index (χ0n) is 11.4. The molecule has 0 aliphatic heterocycles. The van der Waals surface area contributed by atoms with Gasteiger partial charge >= 0.3 is 5.97 Å². The lowest BCUT2D eigenvalue weighted by molar-refractivity contribution is 0.0697. The monoisotopic (exact) mass is 300 g/mol. The van der Waals surface area contributed by atoms with Crippen molar-refractivity contribution in [2.75, 3.05) is 0 Å². The standard InChI is InChI=1S/C16H13ClN2O2/c1-2-15-18-13-8-3-10(16(20)21)9-14(13)19(15)12-6-4-11(17)5-7-12/h3-9H,2H2,1H3,(H,20,21). The molecule has 0 aliphatic carbocycles. The molecule has 1 heterocycles. The number of aryl methyl sites for hydroxylation is 1. The Bertz CT molecular complexity index is 822. The van der Waals surface area contributed by atoms with E-state index in [4.69, 9.17) is 16.7 Å². The molecule has 0 unspecified atom stereocenters. The van der Waals surface area contributed by atoms with Crippen LogP contribution in [-0.2, 0) is 6.42 Å². The van der Waals surface area contributed by atoms with Crippen molar-refractivity contribution in [3.63, 3.8) is 0 Å². The molecule has 0 saturated heterocycles. The van der Waals surface area contributed by atoms with Gasteiger partial charge in [0, 0.05) is 17.1 Å². The number of halogens is 1. The molecule has 4 nitrogen and oxygen atoms in total. The molecule has 0 amide bonds. The molecule has 0 saturated carbocycles. The van der Waals surface area contributed by atoms with Gasteiger partial charge in [-0.05, 0) is 42.5 Å². The maximum Gasteiger partial charge on any atom is 0.335 e. The number of carboxylic acid groups (broad SMARTS) is 1.